The van der Waals surface area contributed by atoms with Crippen LogP contribution in [0.3, 0.4) is 0 Å². The molecule has 3 unspecified atom stereocenters. The molecule has 1 aromatic carbocycles. The molecule has 2 heterocycles. The second kappa shape index (κ2) is 13.1. The Labute approximate surface area is 226 Å². The van der Waals surface area contributed by atoms with Crippen molar-refractivity contribution in [3.63, 3.8) is 0 Å². The number of morpholine rings is 1. The van der Waals surface area contributed by atoms with Crippen molar-refractivity contribution in [1.29, 1.82) is 0 Å². The lowest BCUT2D eigenvalue weighted by Gasteiger charge is -2.45. The first-order chi connectivity index (χ1) is 18.0. The zero-order chi connectivity index (χ0) is 27.8. The first kappa shape index (κ1) is 30.2. The Kier molecular flexibility index (Phi) is 10.4. The number of aromatic nitrogens is 1. The van der Waals surface area contributed by atoms with E-state index in [0.29, 0.717) is 64.2 Å². The zero-order valence-electron chi connectivity index (χ0n) is 23.5. The summed E-state index contributed by atoms with van der Waals surface area (Å²) < 4.78 is 17.1. The van der Waals surface area contributed by atoms with Gasteiger partial charge in [-0.1, -0.05) is 18.2 Å². The lowest BCUT2D eigenvalue weighted by atomic mass is 9.69. The predicted octanol–water partition coefficient (Wildman–Crippen LogP) is 3.59. The quantitative estimate of drug-likeness (QED) is 0.410. The third kappa shape index (κ3) is 8.07. The first-order valence-corrected chi connectivity index (χ1v) is 13.3. The van der Waals surface area contributed by atoms with Gasteiger partial charge in [-0.2, -0.15) is 0 Å². The lowest BCUT2D eigenvalue weighted by Crippen LogP contribution is -2.47. The predicted molar refractivity (Wildman–Crippen MR) is 146 cm³/mol. The van der Waals surface area contributed by atoms with Gasteiger partial charge in [-0.25, -0.2) is 0 Å². The average Bonchev–Trinajstić information content (AvgIpc) is 2.89. The molecule has 38 heavy (non-hydrogen) atoms. The molecule has 0 aliphatic carbocycles. The summed E-state index contributed by atoms with van der Waals surface area (Å²) in [5.74, 6) is -0.218. The molecule has 0 radical (unpaired) electrons. The van der Waals surface area contributed by atoms with Gasteiger partial charge in [-0.3, -0.25) is 9.78 Å². The summed E-state index contributed by atoms with van der Waals surface area (Å²) in [7, 11) is 3.30. The van der Waals surface area contributed by atoms with Crippen LogP contribution in [0.4, 0.5) is 0 Å². The van der Waals surface area contributed by atoms with Gasteiger partial charge in [0.1, 0.15) is 0 Å². The number of nitrogens with zero attached hydrogens (tertiary/aromatic N) is 2. The molecule has 3 rings (SSSR count). The molecule has 1 amide bonds. The molecule has 1 aliphatic rings. The number of amides is 1. The second-order valence-electron chi connectivity index (χ2n) is 11.3. The van der Waals surface area contributed by atoms with E-state index in [2.05, 4.69) is 4.98 Å². The van der Waals surface area contributed by atoms with E-state index in [-0.39, 0.29) is 11.8 Å². The van der Waals surface area contributed by atoms with Crippen molar-refractivity contribution >= 4 is 5.91 Å². The van der Waals surface area contributed by atoms with Crippen LogP contribution in [0.25, 0.3) is 0 Å². The van der Waals surface area contributed by atoms with Crippen LogP contribution in [0.15, 0.2) is 48.8 Å². The molecule has 0 saturated carbocycles. The maximum Gasteiger partial charge on any atom is 0.254 e. The van der Waals surface area contributed by atoms with Crippen LogP contribution < -0.4 is 0 Å². The Bertz CT molecular complexity index is 1020. The Balaban J connectivity index is 1.88. The third-order valence-corrected chi connectivity index (χ3v) is 7.28. The summed E-state index contributed by atoms with van der Waals surface area (Å²) in [6.45, 7) is 8.07. The van der Waals surface area contributed by atoms with Gasteiger partial charge in [0.2, 0.25) is 0 Å². The number of carbonyl (C=O) groups excluding carboxylic acids is 1. The van der Waals surface area contributed by atoms with Crippen molar-refractivity contribution in [2.45, 2.75) is 63.3 Å². The maximum atomic E-state index is 13.0. The highest BCUT2D eigenvalue weighted by molar-refractivity contribution is 5.94. The minimum atomic E-state index is -1.12. The van der Waals surface area contributed by atoms with Crippen molar-refractivity contribution in [3.05, 3.63) is 65.5 Å². The molecule has 1 aromatic heterocycles. The molecule has 8 heteroatoms. The fraction of sp³-hybridized carbons (Fsp3) is 0.600. The van der Waals surface area contributed by atoms with Crippen LogP contribution in [0, 0.1) is 5.92 Å². The third-order valence-electron chi connectivity index (χ3n) is 7.28. The van der Waals surface area contributed by atoms with E-state index in [0.717, 1.165) is 11.1 Å². The number of pyridine rings is 1. The fourth-order valence-corrected chi connectivity index (χ4v) is 5.66. The molecular formula is C30H44N2O6. The van der Waals surface area contributed by atoms with Crippen LogP contribution in [0.5, 0.6) is 0 Å². The fourth-order valence-electron chi connectivity index (χ4n) is 5.66. The molecule has 2 N–H and O–H groups in total. The first-order valence-electron chi connectivity index (χ1n) is 13.3. The van der Waals surface area contributed by atoms with E-state index in [1.54, 1.807) is 45.4 Å². The van der Waals surface area contributed by atoms with Crippen LogP contribution in [-0.4, -0.2) is 84.3 Å². The second-order valence-corrected chi connectivity index (χ2v) is 11.3. The molecule has 3 atom stereocenters. The monoisotopic (exact) mass is 528 g/mol. The summed E-state index contributed by atoms with van der Waals surface area (Å²) >= 11 is 0. The van der Waals surface area contributed by atoms with Gasteiger partial charge in [0.15, 0.2) is 0 Å². The van der Waals surface area contributed by atoms with E-state index < -0.39 is 16.8 Å². The molecule has 1 aliphatic heterocycles. The number of hydrogen-bond donors (Lipinski definition) is 2. The summed E-state index contributed by atoms with van der Waals surface area (Å²) in [6, 6.07) is 11.3. The van der Waals surface area contributed by atoms with Crippen LogP contribution in [0.1, 0.15) is 61.5 Å². The Morgan fingerprint density at radius 1 is 1.13 bits per heavy atom. The topological polar surface area (TPSA) is 101 Å². The van der Waals surface area contributed by atoms with E-state index in [4.69, 9.17) is 14.2 Å². The number of methoxy groups -OCH3 is 2. The normalized spacial score (nSPS) is 18.4. The van der Waals surface area contributed by atoms with E-state index >= 15 is 0 Å². The van der Waals surface area contributed by atoms with Gasteiger partial charge in [0, 0.05) is 70.3 Å². The molecular weight excluding hydrogens is 484 g/mol. The van der Waals surface area contributed by atoms with Crippen LogP contribution in [-0.2, 0) is 26.2 Å². The molecule has 8 nitrogen and oxygen atoms in total. The van der Waals surface area contributed by atoms with Gasteiger partial charge < -0.3 is 29.3 Å². The average molecular weight is 529 g/mol. The van der Waals surface area contributed by atoms with Crippen molar-refractivity contribution in [2.75, 3.05) is 47.1 Å². The highest BCUT2D eigenvalue weighted by atomic mass is 16.5. The van der Waals surface area contributed by atoms with E-state index in [9.17, 15) is 15.0 Å². The van der Waals surface area contributed by atoms with Gasteiger partial charge in [-0.05, 0) is 63.3 Å². The lowest BCUT2D eigenvalue weighted by molar-refractivity contribution is -0.136. The number of aliphatic hydroxyl groups is 2. The van der Waals surface area contributed by atoms with Crippen molar-refractivity contribution in [1.82, 2.24) is 9.88 Å². The standard InChI is InChI=1S/C30H44N2O6/c1-28(2,34)22-30(37-5,26-10-7-12-31-21-26)25(11-15-36-4)20-29(3,35)19-23-8-6-9-24(18-23)27(33)32-13-16-38-17-14-32/h6-10,12,18,21,25,34-35H,11,13-17,19-20,22H2,1-5H3. The minimum Gasteiger partial charge on any atom is -0.390 e. The Morgan fingerprint density at radius 2 is 1.87 bits per heavy atom. The van der Waals surface area contributed by atoms with Gasteiger partial charge in [-0.15, -0.1) is 0 Å². The molecule has 2 aromatic rings. The number of hydrogen-bond acceptors (Lipinski definition) is 7. The Hall–Kier alpha value is -2.36. The summed E-state index contributed by atoms with van der Waals surface area (Å²) in [5.41, 5.74) is -0.712. The smallest absolute Gasteiger partial charge is 0.254 e. The number of ether oxygens (including phenoxy) is 3. The largest absolute Gasteiger partial charge is 0.390 e. The number of carbonyl (C=O) groups is 1. The summed E-state index contributed by atoms with van der Waals surface area (Å²) in [6.07, 6.45) is 5.15. The summed E-state index contributed by atoms with van der Waals surface area (Å²) in [5, 5.41) is 22.6. The molecule has 1 saturated heterocycles. The summed E-state index contributed by atoms with van der Waals surface area (Å²) in [4.78, 5) is 19.1. The highest BCUT2D eigenvalue weighted by Gasteiger charge is 2.46. The highest BCUT2D eigenvalue weighted by Crippen LogP contribution is 2.45. The molecule has 1 fully saturated rings. The van der Waals surface area contributed by atoms with Crippen molar-refractivity contribution in [2.24, 2.45) is 5.92 Å². The SMILES string of the molecule is COCCC(CC(C)(O)Cc1cccc(C(=O)N2CCOCC2)c1)C(CC(C)(C)O)(OC)c1cccnc1. The molecule has 0 bridgehead atoms. The molecule has 0 spiro atoms. The van der Waals surface area contributed by atoms with E-state index in [1.807, 2.05) is 43.3 Å². The van der Waals surface area contributed by atoms with Crippen LogP contribution >= 0.6 is 0 Å². The van der Waals surface area contributed by atoms with Crippen molar-refractivity contribution < 1.29 is 29.2 Å². The molecule has 210 valence electrons. The van der Waals surface area contributed by atoms with Crippen molar-refractivity contribution in [3.8, 4) is 0 Å². The van der Waals surface area contributed by atoms with Gasteiger partial charge >= 0.3 is 0 Å². The van der Waals surface area contributed by atoms with E-state index in [1.165, 1.54) is 0 Å². The number of benzene rings is 1. The Morgan fingerprint density at radius 3 is 2.47 bits per heavy atom. The van der Waals surface area contributed by atoms with Gasteiger partial charge in [0.25, 0.3) is 5.91 Å². The van der Waals surface area contributed by atoms with Crippen LogP contribution in [0.2, 0.25) is 0 Å². The van der Waals surface area contributed by atoms with Gasteiger partial charge in [0.05, 0.1) is 30.0 Å². The number of rotatable bonds is 13. The zero-order valence-corrected chi connectivity index (χ0v) is 23.5. The maximum absolute atomic E-state index is 13.0. The minimum absolute atomic E-state index is 0.0204.